The number of phenols is 1. The van der Waals surface area contributed by atoms with Gasteiger partial charge in [0, 0.05) is 31.4 Å². The van der Waals surface area contributed by atoms with Gasteiger partial charge in [0.1, 0.15) is 0 Å². The summed E-state index contributed by atoms with van der Waals surface area (Å²) in [5.41, 5.74) is 1.12. The van der Waals surface area contributed by atoms with Gasteiger partial charge in [0.2, 0.25) is 5.91 Å². The molecular weight excluding hydrogens is 319 g/mol. The zero-order valence-electron chi connectivity index (χ0n) is 14.0. The van der Waals surface area contributed by atoms with Crippen molar-refractivity contribution < 1.29 is 14.3 Å². The van der Waals surface area contributed by atoms with Crippen LogP contribution in [0.15, 0.2) is 42.7 Å². The Balaban J connectivity index is 1.56. The van der Waals surface area contributed by atoms with Crippen LogP contribution in [0.2, 0.25) is 0 Å². The normalized spacial score (nSPS) is 21.8. The molecule has 2 heterocycles. The van der Waals surface area contributed by atoms with Crippen molar-refractivity contribution in [3.8, 4) is 5.75 Å². The highest BCUT2D eigenvalue weighted by atomic mass is 19.1. The van der Waals surface area contributed by atoms with Crippen molar-refractivity contribution in [1.29, 1.82) is 0 Å². The summed E-state index contributed by atoms with van der Waals surface area (Å²) in [6.07, 6.45) is 6.84. The average molecular weight is 340 g/mol. The Bertz CT molecular complexity index is 790. The third kappa shape index (κ3) is 2.77. The van der Waals surface area contributed by atoms with Crippen LogP contribution >= 0.6 is 0 Å². The maximum atomic E-state index is 14.3. The third-order valence-corrected chi connectivity index (χ3v) is 5.55. The quantitative estimate of drug-likeness (QED) is 0.932. The standard InChI is InChI=1S/C20H21FN2O2/c21-18-16(4-1-5-17(18)24)14-3-2-12-23(13-14)19(25)20(8-9-20)15-6-10-22-11-7-15/h1,4-7,10-11,14,24H,2-3,8-9,12-13H2. The molecule has 1 aliphatic carbocycles. The Morgan fingerprint density at radius 1 is 1.24 bits per heavy atom. The Kier molecular flexibility index (Phi) is 3.94. The number of amides is 1. The number of rotatable bonds is 3. The molecule has 1 unspecified atom stereocenters. The first-order chi connectivity index (χ1) is 12.1. The zero-order chi connectivity index (χ0) is 17.4. The van der Waals surface area contributed by atoms with Crippen LogP contribution in [0.1, 0.15) is 42.7 Å². The minimum Gasteiger partial charge on any atom is -0.505 e. The molecule has 130 valence electrons. The lowest BCUT2D eigenvalue weighted by Gasteiger charge is -2.35. The number of carbonyl (C=O) groups is 1. The van der Waals surface area contributed by atoms with Crippen LogP contribution in [0.4, 0.5) is 4.39 Å². The maximum Gasteiger partial charge on any atom is 0.233 e. The molecule has 2 fully saturated rings. The van der Waals surface area contributed by atoms with Crippen molar-refractivity contribution in [1.82, 2.24) is 9.88 Å². The van der Waals surface area contributed by atoms with Crippen LogP contribution in [-0.2, 0) is 10.2 Å². The summed E-state index contributed by atoms with van der Waals surface area (Å²) in [6, 6.07) is 8.56. The second-order valence-electron chi connectivity index (χ2n) is 7.09. The molecule has 0 bridgehead atoms. The van der Waals surface area contributed by atoms with E-state index in [9.17, 15) is 14.3 Å². The van der Waals surface area contributed by atoms with E-state index in [1.807, 2.05) is 17.0 Å². The highest BCUT2D eigenvalue weighted by molar-refractivity contribution is 5.91. The summed E-state index contributed by atoms with van der Waals surface area (Å²) >= 11 is 0. The highest BCUT2D eigenvalue weighted by Gasteiger charge is 2.53. The van der Waals surface area contributed by atoms with Crippen LogP contribution in [-0.4, -0.2) is 34.0 Å². The van der Waals surface area contributed by atoms with Gasteiger partial charge in [-0.1, -0.05) is 12.1 Å². The van der Waals surface area contributed by atoms with Crippen molar-refractivity contribution >= 4 is 5.91 Å². The minimum absolute atomic E-state index is 0.0713. The third-order valence-electron chi connectivity index (χ3n) is 5.55. The number of hydrogen-bond acceptors (Lipinski definition) is 3. The Morgan fingerprint density at radius 3 is 2.72 bits per heavy atom. The number of carbonyl (C=O) groups excluding carboxylic acids is 1. The molecule has 4 nitrogen and oxygen atoms in total. The van der Waals surface area contributed by atoms with Crippen molar-refractivity contribution in [2.24, 2.45) is 0 Å². The fourth-order valence-electron chi connectivity index (χ4n) is 3.99. The molecule has 1 saturated heterocycles. The van der Waals surface area contributed by atoms with Gasteiger partial charge in [-0.15, -0.1) is 0 Å². The number of hydrogen-bond donors (Lipinski definition) is 1. The topological polar surface area (TPSA) is 53.4 Å². The van der Waals surface area contributed by atoms with Gasteiger partial charge >= 0.3 is 0 Å². The number of aromatic nitrogens is 1. The van der Waals surface area contributed by atoms with Gasteiger partial charge in [0.25, 0.3) is 0 Å². The van der Waals surface area contributed by atoms with E-state index in [-0.39, 0.29) is 17.6 Å². The van der Waals surface area contributed by atoms with Crippen molar-refractivity contribution in [2.75, 3.05) is 13.1 Å². The summed E-state index contributed by atoms with van der Waals surface area (Å²) in [5, 5.41) is 9.63. The van der Waals surface area contributed by atoms with Crippen LogP contribution in [0, 0.1) is 5.82 Å². The second kappa shape index (κ2) is 6.14. The summed E-state index contributed by atoms with van der Waals surface area (Å²) in [7, 11) is 0. The molecule has 0 radical (unpaired) electrons. The number of pyridine rings is 1. The van der Waals surface area contributed by atoms with Gasteiger partial charge in [-0.25, -0.2) is 4.39 Å². The Hall–Kier alpha value is -2.43. The maximum absolute atomic E-state index is 14.3. The molecule has 4 rings (SSSR count). The van der Waals surface area contributed by atoms with E-state index in [1.54, 1.807) is 24.5 Å². The minimum atomic E-state index is -0.558. The second-order valence-corrected chi connectivity index (χ2v) is 7.09. The van der Waals surface area contributed by atoms with E-state index in [4.69, 9.17) is 0 Å². The molecule has 1 atom stereocenters. The molecule has 1 aliphatic heterocycles. The molecule has 1 aromatic carbocycles. The first-order valence-electron chi connectivity index (χ1n) is 8.79. The molecular formula is C20H21FN2O2. The summed E-state index contributed by atoms with van der Waals surface area (Å²) < 4.78 is 14.3. The van der Waals surface area contributed by atoms with Gasteiger partial charge in [-0.3, -0.25) is 9.78 Å². The van der Waals surface area contributed by atoms with Crippen LogP contribution < -0.4 is 0 Å². The lowest BCUT2D eigenvalue weighted by molar-refractivity contribution is -0.135. The number of likely N-dealkylation sites (tertiary alicyclic amines) is 1. The van der Waals surface area contributed by atoms with E-state index in [0.29, 0.717) is 18.7 Å². The van der Waals surface area contributed by atoms with Gasteiger partial charge < -0.3 is 10.0 Å². The molecule has 1 amide bonds. The number of piperidine rings is 1. The van der Waals surface area contributed by atoms with Crippen molar-refractivity contribution in [3.63, 3.8) is 0 Å². The largest absolute Gasteiger partial charge is 0.505 e. The SMILES string of the molecule is O=C(N1CCCC(c2cccc(O)c2F)C1)C1(c2ccncc2)CC1. The first-order valence-corrected chi connectivity index (χ1v) is 8.79. The zero-order valence-corrected chi connectivity index (χ0v) is 14.0. The smallest absolute Gasteiger partial charge is 0.233 e. The number of halogens is 1. The summed E-state index contributed by atoms with van der Waals surface area (Å²) in [6.45, 7) is 1.22. The van der Waals surface area contributed by atoms with Crippen LogP contribution in [0.5, 0.6) is 5.75 Å². The number of aromatic hydroxyl groups is 1. The fourth-order valence-corrected chi connectivity index (χ4v) is 3.99. The van der Waals surface area contributed by atoms with Gasteiger partial charge in [0.05, 0.1) is 5.41 Å². The van der Waals surface area contributed by atoms with Gasteiger partial charge in [-0.05, 0) is 55.0 Å². The summed E-state index contributed by atoms with van der Waals surface area (Å²) in [5.74, 6) is -0.810. The van der Waals surface area contributed by atoms with Crippen LogP contribution in [0.25, 0.3) is 0 Å². The Morgan fingerprint density at radius 2 is 2.00 bits per heavy atom. The molecule has 0 spiro atoms. The average Bonchev–Trinajstić information content (AvgIpc) is 3.46. The van der Waals surface area contributed by atoms with Crippen molar-refractivity contribution in [3.05, 3.63) is 59.7 Å². The first kappa shape index (κ1) is 16.1. The molecule has 2 aromatic rings. The predicted octanol–water partition coefficient (Wildman–Crippen LogP) is 3.36. The molecule has 5 heteroatoms. The van der Waals surface area contributed by atoms with Gasteiger partial charge in [-0.2, -0.15) is 0 Å². The van der Waals surface area contributed by atoms with E-state index in [1.165, 1.54) is 6.07 Å². The highest BCUT2D eigenvalue weighted by Crippen LogP contribution is 2.50. The van der Waals surface area contributed by atoms with E-state index in [2.05, 4.69) is 4.98 Å². The van der Waals surface area contributed by atoms with Gasteiger partial charge in [0.15, 0.2) is 11.6 Å². The van der Waals surface area contributed by atoms with E-state index < -0.39 is 11.2 Å². The fraction of sp³-hybridized carbons (Fsp3) is 0.400. The Labute approximate surface area is 146 Å². The van der Waals surface area contributed by atoms with Crippen LogP contribution in [0.3, 0.4) is 0 Å². The molecule has 1 aromatic heterocycles. The number of phenolic OH excluding ortho intramolecular Hbond substituents is 1. The number of benzene rings is 1. The lowest BCUT2D eigenvalue weighted by Crippen LogP contribution is -2.44. The summed E-state index contributed by atoms with van der Waals surface area (Å²) in [4.78, 5) is 19.1. The monoisotopic (exact) mass is 340 g/mol. The molecule has 1 saturated carbocycles. The number of nitrogens with zero attached hydrogens (tertiary/aromatic N) is 2. The predicted molar refractivity (Wildman–Crippen MR) is 91.8 cm³/mol. The van der Waals surface area contributed by atoms with E-state index in [0.717, 1.165) is 31.2 Å². The van der Waals surface area contributed by atoms with Crippen molar-refractivity contribution in [2.45, 2.75) is 37.0 Å². The molecule has 1 N–H and O–H groups in total. The lowest BCUT2D eigenvalue weighted by atomic mass is 9.88. The molecule has 2 aliphatic rings. The molecule has 25 heavy (non-hydrogen) atoms. The van der Waals surface area contributed by atoms with E-state index >= 15 is 0 Å².